The van der Waals surface area contributed by atoms with Gasteiger partial charge >= 0.3 is 6.03 Å². The van der Waals surface area contributed by atoms with Gasteiger partial charge in [-0.15, -0.1) is 0 Å². The standard InChI is InChI=1S/C26H22BrFN2O4/c1-2-33-23-14-19(12-21(27)24(23)34-16-18-9-6-10-20(28)11-18)13-22-25(31)30(26(32)29-22)15-17-7-4-3-5-8-17/h3-14H,2,15-16H2,1H3,(H,29,32)/b22-13+. The molecule has 0 bridgehead atoms. The van der Waals surface area contributed by atoms with Crippen molar-refractivity contribution in [2.75, 3.05) is 6.61 Å². The molecule has 0 saturated carbocycles. The average molecular weight is 525 g/mol. The molecule has 0 aliphatic carbocycles. The number of nitrogens with one attached hydrogen (secondary N) is 1. The lowest BCUT2D eigenvalue weighted by atomic mass is 10.1. The summed E-state index contributed by atoms with van der Waals surface area (Å²) in [6.45, 7) is 2.57. The van der Waals surface area contributed by atoms with E-state index < -0.39 is 11.9 Å². The Bertz CT molecular complexity index is 1250. The van der Waals surface area contributed by atoms with Crippen molar-refractivity contribution in [2.24, 2.45) is 0 Å². The van der Waals surface area contributed by atoms with Crippen LogP contribution in [0.2, 0.25) is 0 Å². The van der Waals surface area contributed by atoms with Crippen LogP contribution in [0.5, 0.6) is 11.5 Å². The summed E-state index contributed by atoms with van der Waals surface area (Å²) in [4.78, 5) is 26.4. The van der Waals surface area contributed by atoms with Gasteiger partial charge in [0, 0.05) is 0 Å². The molecule has 0 atom stereocenters. The van der Waals surface area contributed by atoms with E-state index in [-0.39, 0.29) is 24.7 Å². The molecule has 0 radical (unpaired) electrons. The summed E-state index contributed by atoms with van der Waals surface area (Å²) in [7, 11) is 0. The van der Waals surface area contributed by atoms with Gasteiger partial charge in [0.1, 0.15) is 18.1 Å². The first-order valence-corrected chi connectivity index (χ1v) is 11.5. The van der Waals surface area contributed by atoms with E-state index >= 15 is 0 Å². The van der Waals surface area contributed by atoms with Gasteiger partial charge in [0.25, 0.3) is 5.91 Å². The lowest BCUT2D eigenvalue weighted by Gasteiger charge is -2.15. The van der Waals surface area contributed by atoms with Crippen LogP contribution < -0.4 is 14.8 Å². The summed E-state index contributed by atoms with van der Waals surface area (Å²) in [5, 5.41) is 2.64. The molecule has 1 saturated heterocycles. The molecular formula is C26H22BrFN2O4. The fourth-order valence-corrected chi connectivity index (χ4v) is 4.08. The molecule has 34 heavy (non-hydrogen) atoms. The maximum Gasteiger partial charge on any atom is 0.329 e. The molecule has 1 aliphatic heterocycles. The van der Waals surface area contributed by atoms with Crippen molar-refractivity contribution < 1.29 is 23.5 Å². The van der Waals surface area contributed by atoms with Crippen LogP contribution in [0.15, 0.2) is 76.9 Å². The van der Waals surface area contributed by atoms with Crippen LogP contribution in [-0.4, -0.2) is 23.4 Å². The van der Waals surface area contributed by atoms with E-state index in [4.69, 9.17) is 9.47 Å². The van der Waals surface area contributed by atoms with Crippen molar-refractivity contribution in [1.82, 2.24) is 10.2 Å². The summed E-state index contributed by atoms with van der Waals surface area (Å²) in [5.74, 6) is 0.171. The van der Waals surface area contributed by atoms with E-state index in [0.29, 0.717) is 33.7 Å². The highest BCUT2D eigenvalue weighted by Gasteiger charge is 2.33. The quantitative estimate of drug-likeness (QED) is 0.305. The molecule has 0 unspecified atom stereocenters. The first-order valence-electron chi connectivity index (χ1n) is 10.7. The first-order chi connectivity index (χ1) is 16.4. The third-order valence-electron chi connectivity index (χ3n) is 5.06. The van der Waals surface area contributed by atoms with Crippen molar-refractivity contribution >= 4 is 33.9 Å². The number of ether oxygens (including phenoxy) is 2. The third kappa shape index (κ3) is 5.46. The highest BCUT2D eigenvalue weighted by Crippen LogP contribution is 2.38. The van der Waals surface area contributed by atoms with Gasteiger partial charge in [0.15, 0.2) is 11.5 Å². The minimum absolute atomic E-state index is 0.153. The van der Waals surface area contributed by atoms with E-state index in [1.165, 1.54) is 12.1 Å². The van der Waals surface area contributed by atoms with Gasteiger partial charge in [-0.2, -0.15) is 0 Å². The molecule has 4 rings (SSSR count). The summed E-state index contributed by atoms with van der Waals surface area (Å²) in [5.41, 5.74) is 2.34. The molecule has 1 heterocycles. The number of hydrogen-bond donors (Lipinski definition) is 1. The molecule has 3 aromatic carbocycles. The predicted molar refractivity (Wildman–Crippen MR) is 130 cm³/mol. The number of carbonyl (C=O) groups is 2. The van der Waals surface area contributed by atoms with Gasteiger partial charge in [0.05, 0.1) is 17.6 Å². The van der Waals surface area contributed by atoms with E-state index in [1.54, 1.807) is 30.3 Å². The van der Waals surface area contributed by atoms with Crippen molar-refractivity contribution in [3.8, 4) is 11.5 Å². The molecule has 0 aromatic heterocycles. The minimum Gasteiger partial charge on any atom is -0.490 e. The van der Waals surface area contributed by atoms with Gasteiger partial charge in [-0.05, 0) is 69.9 Å². The highest BCUT2D eigenvalue weighted by atomic mass is 79.9. The van der Waals surface area contributed by atoms with Crippen molar-refractivity contribution in [2.45, 2.75) is 20.1 Å². The number of urea groups is 1. The van der Waals surface area contributed by atoms with Gasteiger partial charge in [-0.3, -0.25) is 9.69 Å². The Morgan fingerprint density at radius 2 is 1.76 bits per heavy atom. The predicted octanol–water partition coefficient (Wildman–Crippen LogP) is 5.66. The number of rotatable bonds is 8. The van der Waals surface area contributed by atoms with Gasteiger partial charge in [0.2, 0.25) is 0 Å². The summed E-state index contributed by atoms with van der Waals surface area (Å²) >= 11 is 3.50. The van der Waals surface area contributed by atoms with Crippen LogP contribution in [0.1, 0.15) is 23.6 Å². The molecule has 1 N–H and O–H groups in total. The number of benzene rings is 3. The fraction of sp³-hybridized carbons (Fsp3) is 0.154. The Hall–Kier alpha value is -3.65. The summed E-state index contributed by atoms with van der Waals surface area (Å²) in [6, 6.07) is 18.5. The molecule has 6 nitrogen and oxygen atoms in total. The molecule has 1 aliphatic rings. The average Bonchev–Trinajstić information content (AvgIpc) is 3.07. The molecule has 1 fully saturated rings. The van der Waals surface area contributed by atoms with Gasteiger partial charge in [-0.25, -0.2) is 9.18 Å². The number of nitrogens with zero attached hydrogens (tertiary/aromatic N) is 1. The Balaban J connectivity index is 1.55. The van der Waals surface area contributed by atoms with Gasteiger partial charge < -0.3 is 14.8 Å². The largest absolute Gasteiger partial charge is 0.490 e. The zero-order valence-electron chi connectivity index (χ0n) is 18.4. The summed E-state index contributed by atoms with van der Waals surface area (Å²) in [6.07, 6.45) is 1.59. The van der Waals surface area contributed by atoms with E-state index in [9.17, 15) is 14.0 Å². The molecule has 8 heteroatoms. The summed E-state index contributed by atoms with van der Waals surface area (Å²) < 4.78 is 25.7. The van der Waals surface area contributed by atoms with Crippen LogP contribution in [-0.2, 0) is 17.9 Å². The lowest BCUT2D eigenvalue weighted by molar-refractivity contribution is -0.123. The maximum atomic E-state index is 13.5. The maximum absolute atomic E-state index is 13.5. The topological polar surface area (TPSA) is 67.9 Å². The van der Waals surface area contributed by atoms with Crippen LogP contribution in [0.25, 0.3) is 6.08 Å². The molecular weight excluding hydrogens is 503 g/mol. The smallest absolute Gasteiger partial charge is 0.329 e. The fourth-order valence-electron chi connectivity index (χ4n) is 3.50. The van der Waals surface area contributed by atoms with E-state index in [2.05, 4.69) is 21.2 Å². The second-order valence-electron chi connectivity index (χ2n) is 7.55. The SMILES string of the molecule is CCOc1cc(/C=C2/NC(=O)N(Cc3ccccc3)C2=O)cc(Br)c1OCc1cccc(F)c1. The monoisotopic (exact) mass is 524 g/mol. The number of hydrogen-bond acceptors (Lipinski definition) is 4. The second-order valence-corrected chi connectivity index (χ2v) is 8.40. The second kappa shape index (κ2) is 10.5. The zero-order valence-corrected chi connectivity index (χ0v) is 20.0. The normalized spacial score (nSPS) is 14.4. The van der Waals surface area contributed by atoms with Crippen molar-refractivity contribution in [3.05, 3.63) is 99.4 Å². The van der Waals surface area contributed by atoms with E-state index in [1.807, 2.05) is 37.3 Å². The number of carbonyl (C=O) groups excluding carboxylic acids is 2. The Labute approximate surface area is 205 Å². The molecule has 174 valence electrons. The highest BCUT2D eigenvalue weighted by molar-refractivity contribution is 9.10. The number of imide groups is 1. The third-order valence-corrected chi connectivity index (χ3v) is 5.65. The van der Waals surface area contributed by atoms with Crippen LogP contribution in [0, 0.1) is 5.82 Å². The van der Waals surface area contributed by atoms with Crippen molar-refractivity contribution in [3.63, 3.8) is 0 Å². The Morgan fingerprint density at radius 3 is 2.50 bits per heavy atom. The first kappa shape index (κ1) is 23.5. The Kier molecular flexibility index (Phi) is 7.27. The Morgan fingerprint density at radius 1 is 1.00 bits per heavy atom. The van der Waals surface area contributed by atoms with Crippen LogP contribution in [0.3, 0.4) is 0 Å². The van der Waals surface area contributed by atoms with Gasteiger partial charge in [-0.1, -0.05) is 42.5 Å². The van der Waals surface area contributed by atoms with Crippen LogP contribution >= 0.6 is 15.9 Å². The minimum atomic E-state index is -0.473. The van der Waals surface area contributed by atoms with Crippen molar-refractivity contribution in [1.29, 1.82) is 0 Å². The molecule has 3 amide bonds. The van der Waals surface area contributed by atoms with Crippen LogP contribution in [0.4, 0.5) is 9.18 Å². The lowest BCUT2D eigenvalue weighted by Crippen LogP contribution is -2.30. The number of amides is 3. The molecule has 3 aromatic rings. The zero-order chi connectivity index (χ0) is 24.1. The molecule has 0 spiro atoms. The number of halogens is 2. The van der Waals surface area contributed by atoms with E-state index in [0.717, 1.165) is 10.5 Å².